The molecule has 0 heterocycles. The zero-order chi connectivity index (χ0) is 15.1. The van der Waals surface area contributed by atoms with Gasteiger partial charge in [-0.25, -0.2) is 0 Å². The van der Waals surface area contributed by atoms with Gasteiger partial charge in [-0.05, 0) is 35.6 Å². The van der Waals surface area contributed by atoms with Crippen LogP contribution in [0.2, 0.25) is 0 Å². The van der Waals surface area contributed by atoms with E-state index in [4.69, 9.17) is 4.74 Å². The van der Waals surface area contributed by atoms with Crippen molar-refractivity contribution in [2.45, 2.75) is 39.7 Å². The maximum atomic E-state index is 5.76. The van der Waals surface area contributed by atoms with Crippen LogP contribution in [0.15, 0.2) is 48.5 Å². The van der Waals surface area contributed by atoms with Crippen LogP contribution in [0.1, 0.15) is 44.2 Å². The van der Waals surface area contributed by atoms with Gasteiger partial charge in [0.05, 0.1) is 12.3 Å². The molecule has 0 radical (unpaired) electrons. The minimum absolute atomic E-state index is 0.579. The highest BCUT2D eigenvalue weighted by molar-refractivity contribution is 5.56. The summed E-state index contributed by atoms with van der Waals surface area (Å²) in [5, 5.41) is 3.46. The molecule has 0 atom stereocenters. The molecule has 0 aliphatic rings. The van der Waals surface area contributed by atoms with E-state index in [1.807, 2.05) is 18.2 Å². The van der Waals surface area contributed by atoms with Crippen LogP contribution in [0.3, 0.4) is 0 Å². The largest absolute Gasteiger partial charge is 0.491 e. The topological polar surface area (TPSA) is 21.3 Å². The molecule has 0 saturated carbocycles. The molecular weight excluding hydrogens is 258 g/mol. The highest BCUT2D eigenvalue weighted by atomic mass is 16.5. The molecule has 2 rings (SSSR count). The SMILES string of the molecule is CCCOc1ccccc1NCc1ccc(C(C)C)cc1. The normalized spacial score (nSPS) is 10.7. The first-order valence-corrected chi connectivity index (χ1v) is 7.75. The molecule has 0 aromatic heterocycles. The van der Waals surface area contributed by atoms with Crippen LogP contribution in [0.25, 0.3) is 0 Å². The standard InChI is InChI=1S/C19H25NO/c1-4-13-21-19-8-6-5-7-18(19)20-14-16-9-11-17(12-10-16)15(2)3/h5-12,15,20H,4,13-14H2,1-3H3. The third kappa shape index (κ3) is 4.52. The predicted molar refractivity (Wildman–Crippen MR) is 90.1 cm³/mol. The number of hydrogen-bond acceptors (Lipinski definition) is 2. The van der Waals surface area contributed by atoms with Gasteiger partial charge < -0.3 is 10.1 Å². The van der Waals surface area contributed by atoms with Gasteiger partial charge in [0.2, 0.25) is 0 Å². The Morgan fingerprint density at radius 1 is 1.00 bits per heavy atom. The fraction of sp³-hybridized carbons (Fsp3) is 0.368. The fourth-order valence-electron chi connectivity index (χ4n) is 2.17. The van der Waals surface area contributed by atoms with Crippen molar-refractivity contribution in [3.05, 3.63) is 59.7 Å². The van der Waals surface area contributed by atoms with E-state index in [9.17, 15) is 0 Å². The summed E-state index contributed by atoms with van der Waals surface area (Å²) >= 11 is 0. The zero-order valence-electron chi connectivity index (χ0n) is 13.2. The Bertz CT molecular complexity index is 546. The summed E-state index contributed by atoms with van der Waals surface area (Å²) in [7, 11) is 0. The molecule has 0 bridgehead atoms. The highest BCUT2D eigenvalue weighted by Crippen LogP contribution is 2.24. The lowest BCUT2D eigenvalue weighted by molar-refractivity contribution is 0.319. The van der Waals surface area contributed by atoms with Gasteiger partial charge in [0.25, 0.3) is 0 Å². The van der Waals surface area contributed by atoms with Crippen LogP contribution in [0.4, 0.5) is 5.69 Å². The second-order valence-electron chi connectivity index (χ2n) is 5.59. The lowest BCUT2D eigenvalue weighted by Crippen LogP contribution is -2.03. The third-order valence-electron chi connectivity index (χ3n) is 3.48. The number of para-hydroxylation sites is 2. The van der Waals surface area contributed by atoms with Gasteiger partial charge >= 0.3 is 0 Å². The van der Waals surface area contributed by atoms with Crippen LogP contribution in [0, 0.1) is 0 Å². The number of rotatable bonds is 7. The summed E-state index contributed by atoms with van der Waals surface area (Å²) in [5.41, 5.74) is 3.72. The van der Waals surface area contributed by atoms with Crippen molar-refractivity contribution in [2.24, 2.45) is 0 Å². The van der Waals surface area contributed by atoms with Crippen molar-refractivity contribution in [3.8, 4) is 5.75 Å². The Morgan fingerprint density at radius 3 is 2.38 bits per heavy atom. The predicted octanol–water partition coefficient (Wildman–Crippen LogP) is 5.21. The molecule has 0 saturated heterocycles. The van der Waals surface area contributed by atoms with Crippen molar-refractivity contribution in [1.82, 2.24) is 0 Å². The minimum atomic E-state index is 0.579. The van der Waals surface area contributed by atoms with E-state index in [-0.39, 0.29) is 0 Å². The van der Waals surface area contributed by atoms with Crippen molar-refractivity contribution in [1.29, 1.82) is 0 Å². The van der Waals surface area contributed by atoms with Crippen LogP contribution in [-0.4, -0.2) is 6.61 Å². The van der Waals surface area contributed by atoms with Gasteiger partial charge in [-0.3, -0.25) is 0 Å². The lowest BCUT2D eigenvalue weighted by Gasteiger charge is -2.13. The summed E-state index contributed by atoms with van der Waals surface area (Å²) in [6.45, 7) is 8.11. The molecule has 2 aromatic carbocycles. The molecule has 21 heavy (non-hydrogen) atoms. The third-order valence-corrected chi connectivity index (χ3v) is 3.48. The average Bonchev–Trinajstić information content (AvgIpc) is 2.52. The van der Waals surface area contributed by atoms with Gasteiger partial charge in [0.1, 0.15) is 5.75 Å². The quantitative estimate of drug-likeness (QED) is 0.753. The Morgan fingerprint density at radius 2 is 1.71 bits per heavy atom. The lowest BCUT2D eigenvalue weighted by atomic mass is 10.0. The molecule has 2 aromatic rings. The number of benzene rings is 2. The summed E-state index contributed by atoms with van der Waals surface area (Å²) in [5.74, 6) is 1.51. The Labute approximate surface area is 128 Å². The number of nitrogens with one attached hydrogen (secondary N) is 1. The summed E-state index contributed by atoms with van der Waals surface area (Å²) in [6.07, 6.45) is 1.02. The monoisotopic (exact) mass is 283 g/mol. The van der Waals surface area contributed by atoms with E-state index in [1.165, 1.54) is 11.1 Å². The number of hydrogen-bond donors (Lipinski definition) is 1. The molecule has 0 aliphatic carbocycles. The van der Waals surface area contributed by atoms with E-state index >= 15 is 0 Å². The second-order valence-corrected chi connectivity index (χ2v) is 5.59. The first-order valence-electron chi connectivity index (χ1n) is 7.75. The number of anilines is 1. The van der Waals surface area contributed by atoms with Crippen molar-refractivity contribution in [2.75, 3.05) is 11.9 Å². The molecule has 0 fully saturated rings. The summed E-state index contributed by atoms with van der Waals surface area (Å²) in [4.78, 5) is 0. The summed E-state index contributed by atoms with van der Waals surface area (Å²) in [6, 6.07) is 16.9. The van der Waals surface area contributed by atoms with Crippen molar-refractivity contribution >= 4 is 5.69 Å². The molecule has 2 heteroatoms. The molecule has 2 nitrogen and oxygen atoms in total. The average molecular weight is 283 g/mol. The molecule has 0 unspecified atom stereocenters. The smallest absolute Gasteiger partial charge is 0.142 e. The van der Waals surface area contributed by atoms with Crippen LogP contribution in [-0.2, 0) is 6.54 Å². The van der Waals surface area contributed by atoms with Gasteiger partial charge in [-0.15, -0.1) is 0 Å². The van der Waals surface area contributed by atoms with E-state index in [0.29, 0.717) is 5.92 Å². The van der Waals surface area contributed by atoms with E-state index in [2.05, 4.69) is 56.4 Å². The first-order chi connectivity index (χ1) is 10.2. The van der Waals surface area contributed by atoms with E-state index in [1.54, 1.807) is 0 Å². The molecule has 0 spiro atoms. The maximum absolute atomic E-state index is 5.76. The van der Waals surface area contributed by atoms with Gasteiger partial charge in [-0.2, -0.15) is 0 Å². The molecule has 0 aliphatic heterocycles. The second kappa shape index (κ2) is 7.72. The molecule has 0 amide bonds. The maximum Gasteiger partial charge on any atom is 0.142 e. The van der Waals surface area contributed by atoms with Crippen LogP contribution < -0.4 is 10.1 Å². The Kier molecular flexibility index (Phi) is 5.68. The van der Waals surface area contributed by atoms with Gasteiger partial charge in [0, 0.05) is 6.54 Å². The van der Waals surface area contributed by atoms with Crippen molar-refractivity contribution in [3.63, 3.8) is 0 Å². The van der Waals surface area contributed by atoms with Gasteiger partial charge in [-0.1, -0.05) is 57.2 Å². The van der Waals surface area contributed by atoms with E-state index < -0.39 is 0 Å². The van der Waals surface area contributed by atoms with E-state index in [0.717, 1.165) is 31.0 Å². The van der Waals surface area contributed by atoms with Gasteiger partial charge in [0.15, 0.2) is 0 Å². The van der Waals surface area contributed by atoms with Crippen LogP contribution >= 0.6 is 0 Å². The molecule has 1 N–H and O–H groups in total. The van der Waals surface area contributed by atoms with Crippen molar-refractivity contribution < 1.29 is 4.74 Å². The first kappa shape index (κ1) is 15.4. The Hall–Kier alpha value is -1.96. The highest BCUT2D eigenvalue weighted by Gasteiger charge is 2.03. The molecular formula is C19H25NO. The summed E-state index contributed by atoms with van der Waals surface area (Å²) < 4.78 is 5.76. The zero-order valence-corrected chi connectivity index (χ0v) is 13.2. The fourth-order valence-corrected chi connectivity index (χ4v) is 2.17. The number of ether oxygens (including phenoxy) is 1. The Balaban J connectivity index is 1.99. The molecule has 112 valence electrons. The van der Waals surface area contributed by atoms with Crippen LogP contribution in [0.5, 0.6) is 5.75 Å². The minimum Gasteiger partial charge on any atom is -0.491 e.